The van der Waals surface area contributed by atoms with Gasteiger partial charge in [0.1, 0.15) is 18.0 Å². The topological polar surface area (TPSA) is 96.9 Å². The molecule has 1 fully saturated rings. The number of nitrogens with one attached hydrogen (secondary N) is 2. The Morgan fingerprint density at radius 1 is 1.03 bits per heavy atom. The van der Waals surface area contributed by atoms with Crippen LogP contribution in [0.2, 0.25) is 0 Å². The molecule has 12 heteroatoms. The number of anilines is 2. The first-order valence-corrected chi connectivity index (χ1v) is 10.4. The third-order valence-corrected chi connectivity index (χ3v) is 5.64. The lowest BCUT2D eigenvalue weighted by molar-refractivity contribution is -0.137. The minimum Gasteiger partial charge on any atom is -0.351 e. The molecule has 0 spiro atoms. The van der Waals surface area contributed by atoms with Crippen LogP contribution in [-0.2, 0) is 17.5 Å². The van der Waals surface area contributed by atoms with Crippen molar-refractivity contribution in [3.05, 3.63) is 77.6 Å². The van der Waals surface area contributed by atoms with E-state index < -0.39 is 40.4 Å². The smallest absolute Gasteiger partial charge is 0.351 e. The molecule has 0 aliphatic heterocycles. The fourth-order valence-electron chi connectivity index (χ4n) is 3.54. The molecule has 1 aromatic carbocycles. The van der Waals surface area contributed by atoms with Crippen LogP contribution in [0.25, 0.3) is 0 Å². The van der Waals surface area contributed by atoms with Gasteiger partial charge in [0.2, 0.25) is 5.91 Å². The van der Waals surface area contributed by atoms with Crippen LogP contribution >= 0.6 is 0 Å². The highest BCUT2D eigenvalue weighted by Gasteiger charge is 2.51. The second-order valence-electron chi connectivity index (χ2n) is 8.13. The largest absolute Gasteiger partial charge is 0.418 e. The van der Waals surface area contributed by atoms with E-state index >= 15 is 0 Å². The number of carbonyl (C=O) groups excluding carboxylic acids is 2. The summed E-state index contributed by atoms with van der Waals surface area (Å²) in [7, 11) is 0. The first kappa shape index (κ1) is 24.2. The highest BCUT2D eigenvalue weighted by molar-refractivity contribution is 6.00. The number of benzene rings is 1. The van der Waals surface area contributed by atoms with Crippen LogP contribution in [0, 0.1) is 17.0 Å². The van der Waals surface area contributed by atoms with Gasteiger partial charge >= 0.3 is 6.18 Å². The summed E-state index contributed by atoms with van der Waals surface area (Å²) in [4.78, 5) is 36.4. The number of halogens is 5. The lowest BCUT2D eigenvalue weighted by Crippen LogP contribution is -2.33. The van der Waals surface area contributed by atoms with Gasteiger partial charge in [-0.1, -0.05) is 6.07 Å². The number of hydrogen-bond donors (Lipinski definition) is 2. The van der Waals surface area contributed by atoms with Gasteiger partial charge in [-0.15, -0.1) is 0 Å². The number of amides is 1. The molecule has 1 saturated carbocycles. The predicted octanol–water partition coefficient (Wildman–Crippen LogP) is 4.58. The maximum absolute atomic E-state index is 14.5. The van der Waals surface area contributed by atoms with Crippen LogP contribution in [0.5, 0.6) is 0 Å². The molecule has 0 bridgehead atoms. The fourth-order valence-corrected chi connectivity index (χ4v) is 3.54. The Hall–Kier alpha value is -3.96. The molecule has 2 N–H and O–H groups in total. The molecule has 0 unspecified atom stereocenters. The number of hydrogen-bond acceptors (Lipinski definition) is 6. The van der Waals surface area contributed by atoms with Crippen molar-refractivity contribution in [3.63, 3.8) is 0 Å². The van der Waals surface area contributed by atoms with Gasteiger partial charge in [0.05, 0.1) is 46.4 Å². The fraction of sp³-hybridized carbons (Fsp3) is 0.261. The Morgan fingerprint density at radius 2 is 1.74 bits per heavy atom. The van der Waals surface area contributed by atoms with E-state index in [9.17, 15) is 31.5 Å². The van der Waals surface area contributed by atoms with Crippen molar-refractivity contribution in [2.24, 2.45) is 5.41 Å². The van der Waals surface area contributed by atoms with Crippen LogP contribution in [0.4, 0.5) is 33.3 Å². The molecule has 1 aliphatic rings. The van der Waals surface area contributed by atoms with E-state index in [4.69, 9.17) is 0 Å². The summed E-state index contributed by atoms with van der Waals surface area (Å²) in [5.74, 6) is -2.80. The third-order valence-electron chi connectivity index (χ3n) is 5.64. The summed E-state index contributed by atoms with van der Waals surface area (Å²) in [6.45, 7) is -0.303. The number of nitrogens with zero attached hydrogens (tertiary/aromatic N) is 3. The molecular formula is C23H18F5N5O2. The zero-order valence-electron chi connectivity index (χ0n) is 18.0. The molecule has 1 aliphatic carbocycles. The van der Waals surface area contributed by atoms with Crippen molar-refractivity contribution in [1.29, 1.82) is 0 Å². The van der Waals surface area contributed by atoms with Crippen molar-refractivity contribution < 1.29 is 31.5 Å². The first-order valence-electron chi connectivity index (χ1n) is 10.4. The van der Waals surface area contributed by atoms with Crippen molar-refractivity contribution in [2.45, 2.75) is 32.0 Å². The van der Waals surface area contributed by atoms with E-state index in [0.717, 1.165) is 24.4 Å². The molecule has 35 heavy (non-hydrogen) atoms. The Balaban J connectivity index is 1.41. The number of Topliss-reactive ketones (excluding diaryl/α,β-unsaturated/α-hetero) is 1. The molecule has 0 radical (unpaired) electrons. The lowest BCUT2D eigenvalue weighted by Gasteiger charge is -2.16. The molecule has 2 heterocycles. The van der Waals surface area contributed by atoms with E-state index in [1.165, 1.54) is 18.7 Å². The van der Waals surface area contributed by atoms with E-state index in [2.05, 4.69) is 25.6 Å². The number of ketones is 1. The van der Waals surface area contributed by atoms with Gasteiger partial charge in [-0.05, 0) is 25.0 Å². The van der Waals surface area contributed by atoms with Crippen molar-refractivity contribution >= 4 is 23.1 Å². The number of carbonyl (C=O) groups is 2. The molecule has 1 amide bonds. The Morgan fingerprint density at radius 3 is 2.37 bits per heavy atom. The summed E-state index contributed by atoms with van der Waals surface area (Å²) < 4.78 is 68.1. The quantitative estimate of drug-likeness (QED) is 0.354. The molecule has 2 aromatic heterocycles. The van der Waals surface area contributed by atoms with Crippen LogP contribution in [0.15, 0.2) is 49.2 Å². The van der Waals surface area contributed by atoms with Crippen LogP contribution in [0.1, 0.15) is 40.9 Å². The van der Waals surface area contributed by atoms with Gasteiger partial charge in [-0.25, -0.2) is 18.7 Å². The third kappa shape index (κ3) is 5.42. The zero-order chi connectivity index (χ0) is 25.2. The molecular weight excluding hydrogens is 473 g/mol. The van der Waals surface area contributed by atoms with E-state index in [0.29, 0.717) is 18.9 Å². The number of rotatable bonds is 8. The van der Waals surface area contributed by atoms with Crippen molar-refractivity contribution in [2.75, 3.05) is 5.32 Å². The van der Waals surface area contributed by atoms with Gasteiger partial charge in [-0.3, -0.25) is 14.6 Å². The second-order valence-corrected chi connectivity index (χ2v) is 8.13. The van der Waals surface area contributed by atoms with Gasteiger partial charge in [0.15, 0.2) is 5.78 Å². The van der Waals surface area contributed by atoms with Gasteiger partial charge in [0, 0.05) is 24.9 Å². The summed E-state index contributed by atoms with van der Waals surface area (Å²) in [5.41, 5.74) is -3.10. The van der Waals surface area contributed by atoms with Crippen LogP contribution < -0.4 is 10.6 Å². The van der Waals surface area contributed by atoms with Crippen LogP contribution in [-0.4, -0.2) is 26.6 Å². The van der Waals surface area contributed by atoms with Crippen molar-refractivity contribution in [3.8, 4) is 0 Å². The van der Waals surface area contributed by atoms with Crippen LogP contribution in [0.3, 0.4) is 0 Å². The summed E-state index contributed by atoms with van der Waals surface area (Å²) in [6.07, 6.45) is 1.13. The standard InChI is InChI=1S/C23H18F5N5O2/c24-16-3-1-2-15(23(26,27)28)20(16)33-14-6-17(25)18(31-10-14)11-32-21(35)22(4-5-22)7-19(34)13-8-29-12-30-9-13/h1-3,6,8-10,12,33H,4-5,7,11H2,(H,32,35). The molecule has 4 rings (SSSR count). The number of aromatic nitrogens is 3. The van der Waals surface area contributed by atoms with Crippen molar-refractivity contribution in [1.82, 2.24) is 20.3 Å². The summed E-state index contributed by atoms with van der Waals surface area (Å²) in [6, 6.07) is 3.31. The molecule has 7 nitrogen and oxygen atoms in total. The van der Waals surface area contributed by atoms with E-state index in [-0.39, 0.29) is 35.7 Å². The Labute approximate surface area is 195 Å². The monoisotopic (exact) mass is 491 g/mol. The van der Waals surface area contributed by atoms with E-state index in [1.807, 2.05) is 0 Å². The minimum absolute atomic E-state index is 0.0465. The second kappa shape index (κ2) is 9.35. The SMILES string of the molecule is O=C(CC1(C(=O)NCc2ncc(Nc3c(F)cccc3C(F)(F)F)cc2F)CC1)c1cncnc1. The summed E-state index contributed by atoms with van der Waals surface area (Å²) >= 11 is 0. The number of para-hydroxylation sites is 1. The zero-order valence-corrected chi connectivity index (χ0v) is 18.0. The van der Waals surface area contributed by atoms with Gasteiger partial charge in [-0.2, -0.15) is 13.2 Å². The van der Waals surface area contributed by atoms with Gasteiger partial charge < -0.3 is 10.6 Å². The first-order chi connectivity index (χ1) is 16.6. The van der Waals surface area contributed by atoms with Gasteiger partial charge in [0.25, 0.3) is 0 Å². The molecule has 3 aromatic rings. The lowest BCUT2D eigenvalue weighted by atomic mass is 9.96. The predicted molar refractivity (Wildman–Crippen MR) is 113 cm³/mol. The average Bonchev–Trinajstić information content (AvgIpc) is 3.60. The summed E-state index contributed by atoms with van der Waals surface area (Å²) in [5, 5.41) is 4.77. The Kier molecular flexibility index (Phi) is 6.46. The highest BCUT2D eigenvalue weighted by Crippen LogP contribution is 2.49. The highest BCUT2D eigenvalue weighted by atomic mass is 19.4. The molecule has 182 valence electrons. The maximum atomic E-state index is 14.5. The molecule has 0 atom stereocenters. The average molecular weight is 491 g/mol. The van der Waals surface area contributed by atoms with E-state index in [1.54, 1.807) is 0 Å². The molecule has 0 saturated heterocycles. The minimum atomic E-state index is -4.83. The Bertz CT molecular complexity index is 1260. The normalized spacial score (nSPS) is 14.3. The maximum Gasteiger partial charge on any atom is 0.418 e. The number of pyridine rings is 1. The number of alkyl halides is 3.